The Morgan fingerprint density at radius 3 is 2.38 bits per heavy atom. The van der Waals surface area contributed by atoms with E-state index in [0.717, 1.165) is 36.5 Å². The molecule has 10 unspecified atom stereocenters. The van der Waals surface area contributed by atoms with Crippen LogP contribution in [0.2, 0.25) is 18.1 Å². The summed E-state index contributed by atoms with van der Waals surface area (Å²) in [7, 11) is -2.05. The molecule has 45 heavy (non-hydrogen) atoms. The van der Waals surface area contributed by atoms with Gasteiger partial charge in [0.25, 0.3) is 0 Å². The van der Waals surface area contributed by atoms with E-state index in [1.165, 1.54) is 6.92 Å². The number of carbonyl (C=O) groups is 2. The molecule has 9 heteroatoms. The molecule has 0 aromatic heterocycles. The molecule has 0 spiro atoms. The summed E-state index contributed by atoms with van der Waals surface area (Å²) in [4.78, 5) is 25.4. The zero-order valence-electron chi connectivity index (χ0n) is 29.6. The molecule has 1 fully saturated rings. The van der Waals surface area contributed by atoms with Crippen LogP contribution in [0.5, 0.6) is 0 Å². The Bertz CT molecular complexity index is 1020. The van der Waals surface area contributed by atoms with Gasteiger partial charge in [0.05, 0.1) is 30.8 Å². The van der Waals surface area contributed by atoms with Crippen LogP contribution in [0.3, 0.4) is 0 Å². The third kappa shape index (κ3) is 12.1. The summed E-state index contributed by atoms with van der Waals surface area (Å²) in [6.45, 7) is 19.6. The van der Waals surface area contributed by atoms with Crippen molar-refractivity contribution in [3.05, 3.63) is 36.0 Å². The van der Waals surface area contributed by atoms with Gasteiger partial charge in [-0.15, -0.1) is 0 Å². The molecule has 8 nitrogen and oxygen atoms in total. The van der Waals surface area contributed by atoms with Crippen molar-refractivity contribution in [1.29, 1.82) is 0 Å². The van der Waals surface area contributed by atoms with Crippen molar-refractivity contribution in [1.82, 2.24) is 0 Å². The minimum absolute atomic E-state index is 0.101. The van der Waals surface area contributed by atoms with Crippen LogP contribution in [0.1, 0.15) is 101 Å². The number of cyclic esters (lactones) is 1. The van der Waals surface area contributed by atoms with Crippen LogP contribution in [0.25, 0.3) is 0 Å². The monoisotopic (exact) mass is 650 g/mol. The minimum atomic E-state index is -2.05. The average molecular weight is 651 g/mol. The van der Waals surface area contributed by atoms with E-state index < -0.39 is 38.2 Å². The van der Waals surface area contributed by atoms with Gasteiger partial charge in [-0.3, -0.25) is 9.59 Å². The summed E-state index contributed by atoms with van der Waals surface area (Å²) in [6, 6.07) is 2.83. The van der Waals surface area contributed by atoms with Gasteiger partial charge < -0.3 is 28.8 Å². The number of hydrogen-bond donors (Lipinski definition) is 2. The highest BCUT2D eigenvalue weighted by atomic mass is 28.4. The summed E-state index contributed by atoms with van der Waals surface area (Å²) in [5.41, 5.74) is -0.453. The van der Waals surface area contributed by atoms with Crippen LogP contribution < -0.4 is 0 Å². The molecule has 0 aromatic carbocycles. The Hall–Kier alpha value is -1.78. The Labute approximate surface area is 273 Å². The molecule has 0 radical (unpaired) electrons. The number of esters is 2. The Morgan fingerprint density at radius 2 is 1.80 bits per heavy atom. The van der Waals surface area contributed by atoms with E-state index >= 15 is 0 Å². The topological polar surface area (TPSA) is 115 Å². The van der Waals surface area contributed by atoms with Crippen molar-refractivity contribution in [2.45, 2.75) is 162 Å². The number of aliphatic hydroxyl groups excluding tert-OH is 1. The van der Waals surface area contributed by atoms with Crippen molar-refractivity contribution >= 4 is 20.3 Å². The minimum Gasteiger partial charge on any atom is -0.457 e. The number of epoxide rings is 1. The quantitative estimate of drug-likeness (QED) is 0.0676. The summed E-state index contributed by atoms with van der Waals surface area (Å²) >= 11 is 0. The van der Waals surface area contributed by atoms with E-state index in [-0.39, 0.29) is 48.5 Å². The molecule has 1 saturated heterocycles. The number of rotatable bonds is 14. The van der Waals surface area contributed by atoms with Gasteiger partial charge in [-0.1, -0.05) is 72.8 Å². The van der Waals surface area contributed by atoms with Gasteiger partial charge in [-0.2, -0.15) is 0 Å². The van der Waals surface area contributed by atoms with Gasteiger partial charge in [0.2, 0.25) is 0 Å². The molecule has 0 bridgehead atoms. The smallest absolute Gasteiger partial charge is 0.308 e. The summed E-state index contributed by atoms with van der Waals surface area (Å²) in [5.74, 6) is -0.632. The fourth-order valence-electron chi connectivity index (χ4n) is 6.41. The van der Waals surface area contributed by atoms with Crippen molar-refractivity contribution in [2.75, 3.05) is 0 Å². The summed E-state index contributed by atoms with van der Waals surface area (Å²) in [5, 5.41) is 21.6. The van der Waals surface area contributed by atoms with Gasteiger partial charge >= 0.3 is 11.9 Å². The molecule has 258 valence electrons. The lowest BCUT2D eigenvalue weighted by molar-refractivity contribution is -0.157. The molecule has 0 aliphatic carbocycles. The number of allylic oxidation sites excluding steroid dienone is 3. The molecule has 0 amide bonds. The summed E-state index contributed by atoms with van der Waals surface area (Å²) in [6.07, 6.45) is 10.3. The van der Waals surface area contributed by atoms with Crippen LogP contribution >= 0.6 is 0 Å². The number of hydrogen-bond acceptors (Lipinski definition) is 8. The van der Waals surface area contributed by atoms with Gasteiger partial charge in [0, 0.05) is 18.8 Å². The molecule has 0 saturated carbocycles. The van der Waals surface area contributed by atoms with Crippen LogP contribution in [-0.4, -0.2) is 72.7 Å². The Kier molecular flexibility index (Phi) is 15.7. The largest absolute Gasteiger partial charge is 0.457 e. The maximum absolute atomic E-state index is 13.4. The molecule has 2 N–H and O–H groups in total. The molecule has 2 heterocycles. The molecule has 10 atom stereocenters. The highest BCUT2D eigenvalue weighted by Gasteiger charge is 2.45. The van der Waals surface area contributed by atoms with Crippen LogP contribution in [0.15, 0.2) is 36.0 Å². The Balaban J connectivity index is 2.28. The van der Waals surface area contributed by atoms with Gasteiger partial charge in [-0.25, -0.2) is 0 Å². The van der Waals surface area contributed by atoms with Crippen molar-refractivity contribution in [3.8, 4) is 0 Å². The van der Waals surface area contributed by atoms with Crippen LogP contribution in [0, 0.1) is 17.8 Å². The standard InChI is InChI=1S/C36H62O8Si/c1-11-30(38)27(8)35-31(42-35)22-24(5)16-15-17-25(6)34-26(7)18-19-32(41-28(9)37)36(10,40)21-20-29(23-33(39)43-34)44-45(12-2,13-3)14-4/h15-19,24,26-27,29-32,34-35,38,40H,11-14,20-23H2,1-10H3/b16-15+,19-18-,25-17+. The first-order chi connectivity index (χ1) is 21.1. The maximum atomic E-state index is 13.4. The summed E-state index contributed by atoms with van der Waals surface area (Å²) < 4.78 is 24.3. The highest BCUT2D eigenvalue weighted by Crippen LogP contribution is 2.36. The lowest BCUT2D eigenvalue weighted by Gasteiger charge is -2.36. The van der Waals surface area contributed by atoms with E-state index in [2.05, 4.69) is 33.8 Å². The van der Waals surface area contributed by atoms with Gasteiger partial charge in [0.15, 0.2) is 8.32 Å². The molecular formula is C36H62O8Si. The predicted molar refractivity (Wildman–Crippen MR) is 181 cm³/mol. The fraction of sp³-hybridized carbons (Fsp3) is 0.778. The first-order valence-electron chi connectivity index (χ1n) is 17.2. The SMILES string of the molecule is CCC(O)C(C)C1OC1CC(C)/C=C/C=C(\C)C1OC(=O)CC(O[Si](CC)(CC)CC)CCC(C)(O)C(OC(C)=O)/C=C\C1C. The zero-order valence-corrected chi connectivity index (χ0v) is 30.6. The second-order valence-electron chi connectivity index (χ2n) is 13.8. The first-order valence-corrected chi connectivity index (χ1v) is 19.8. The molecule has 0 aromatic rings. The normalized spacial score (nSPS) is 33.0. The second-order valence-corrected chi connectivity index (χ2v) is 18.5. The third-order valence-corrected chi connectivity index (χ3v) is 14.7. The fourth-order valence-corrected chi connectivity index (χ4v) is 9.32. The van der Waals surface area contributed by atoms with E-state index in [1.54, 1.807) is 13.0 Å². The van der Waals surface area contributed by atoms with Crippen molar-refractivity contribution < 1.29 is 38.4 Å². The predicted octanol–water partition coefficient (Wildman–Crippen LogP) is 7.05. The molecule has 2 aliphatic rings. The third-order valence-electron chi connectivity index (χ3n) is 9.96. The highest BCUT2D eigenvalue weighted by molar-refractivity contribution is 6.73. The van der Waals surface area contributed by atoms with Crippen molar-refractivity contribution in [3.63, 3.8) is 0 Å². The molecule has 2 rings (SSSR count). The van der Waals surface area contributed by atoms with Gasteiger partial charge in [-0.05, 0) is 75.2 Å². The lowest BCUT2D eigenvalue weighted by atomic mass is 9.88. The molecule has 2 aliphatic heterocycles. The maximum Gasteiger partial charge on any atom is 0.308 e. The first kappa shape index (κ1) is 39.4. The second kappa shape index (κ2) is 17.9. The average Bonchev–Trinajstić information content (AvgIpc) is 3.76. The van der Waals surface area contributed by atoms with Crippen LogP contribution in [-0.2, 0) is 28.2 Å². The molecular weight excluding hydrogens is 588 g/mol. The lowest BCUT2D eigenvalue weighted by Crippen LogP contribution is -2.45. The van der Waals surface area contributed by atoms with Gasteiger partial charge in [0.1, 0.15) is 17.8 Å². The van der Waals surface area contributed by atoms with E-state index in [9.17, 15) is 19.8 Å². The van der Waals surface area contributed by atoms with Crippen molar-refractivity contribution in [2.24, 2.45) is 17.8 Å². The Morgan fingerprint density at radius 1 is 1.16 bits per heavy atom. The number of ether oxygens (including phenoxy) is 3. The van der Waals surface area contributed by atoms with E-state index in [0.29, 0.717) is 12.8 Å². The number of carbonyl (C=O) groups excluding carboxylic acids is 2. The van der Waals surface area contributed by atoms with E-state index in [4.69, 9.17) is 18.6 Å². The number of aliphatic hydroxyl groups is 2. The van der Waals surface area contributed by atoms with Crippen LogP contribution in [0.4, 0.5) is 0 Å². The zero-order chi connectivity index (χ0) is 33.9. The van der Waals surface area contributed by atoms with E-state index in [1.807, 2.05) is 45.9 Å².